The molecule has 2 N–H and O–H groups in total. The van der Waals surface area contributed by atoms with Crippen LogP contribution in [-0.2, 0) is 4.79 Å². The molecule has 0 amide bonds. The molecule has 2 rings (SSSR count). The van der Waals surface area contributed by atoms with Crippen LogP contribution < -0.4 is 5.32 Å². The number of hydrogen-bond acceptors (Lipinski definition) is 2. The molecule has 1 aliphatic rings. The minimum Gasteiger partial charge on any atom is -0.480 e. The van der Waals surface area contributed by atoms with Gasteiger partial charge in [0.25, 0.3) is 0 Å². The van der Waals surface area contributed by atoms with Gasteiger partial charge in [0.2, 0.25) is 0 Å². The van der Waals surface area contributed by atoms with Gasteiger partial charge in [-0.05, 0) is 37.0 Å². The van der Waals surface area contributed by atoms with E-state index in [0.29, 0.717) is 0 Å². The molecular formula is C11H11F2NO2. The van der Waals surface area contributed by atoms with Crippen LogP contribution in [0.15, 0.2) is 18.2 Å². The molecule has 3 nitrogen and oxygen atoms in total. The Labute approximate surface area is 91.1 Å². The molecule has 0 radical (unpaired) electrons. The lowest BCUT2D eigenvalue weighted by Gasteiger charge is -2.15. The predicted molar refractivity (Wildman–Crippen MR) is 54.1 cm³/mol. The monoisotopic (exact) mass is 227 g/mol. The van der Waals surface area contributed by atoms with Gasteiger partial charge in [-0.1, -0.05) is 0 Å². The van der Waals surface area contributed by atoms with Gasteiger partial charge >= 0.3 is 5.97 Å². The van der Waals surface area contributed by atoms with Gasteiger partial charge in [0.15, 0.2) is 0 Å². The van der Waals surface area contributed by atoms with Crippen molar-refractivity contribution in [1.82, 2.24) is 0 Å². The molecule has 0 heterocycles. The molecule has 0 saturated heterocycles. The highest BCUT2D eigenvalue weighted by atomic mass is 19.1. The van der Waals surface area contributed by atoms with Gasteiger partial charge in [-0.2, -0.15) is 0 Å². The van der Waals surface area contributed by atoms with Gasteiger partial charge in [-0.3, -0.25) is 0 Å². The van der Waals surface area contributed by atoms with Crippen LogP contribution in [-0.4, -0.2) is 17.1 Å². The van der Waals surface area contributed by atoms with Crippen molar-refractivity contribution in [3.63, 3.8) is 0 Å². The number of carboxylic acid groups (broad SMARTS) is 1. The fourth-order valence-corrected chi connectivity index (χ4v) is 1.59. The molecule has 1 atom stereocenters. The Morgan fingerprint density at radius 2 is 2.12 bits per heavy atom. The highest BCUT2D eigenvalue weighted by Crippen LogP contribution is 2.34. The fraction of sp³-hybridized carbons (Fsp3) is 0.364. The summed E-state index contributed by atoms with van der Waals surface area (Å²) in [5.74, 6) is -2.26. The van der Waals surface area contributed by atoms with E-state index in [2.05, 4.69) is 5.32 Å². The van der Waals surface area contributed by atoms with Crippen molar-refractivity contribution in [2.45, 2.75) is 18.9 Å². The molecule has 0 aromatic heterocycles. The maximum atomic E-state index is 13.3. The molecular weight excluding hydrogens is 216 g/mol. The van der Waals surface area contributed by atoms with Gasteiger partial charge in [-0.25, -0.2) is 13.6 Å². The molecule has 16 heavy (non-hydrogen) atoms. The normalized spacial score (nSPS) is 16.9. The topological polar surface area (TPSA) is 49.3 Å². The molecule has 1 unspecified atom stereocenters. The van der Waals surface area contributed by atoms with Gasteiger partial charge in [-0.15, -0.1) is 0 Å². The third-order valence-corrected chi connectivity index (χ3v) is 2.60. The summed E-state index contributed by atoms with van der Waals surface area (Å²) in [6.07, 6.45) is 1.61. The number of carbonyl (C=O) groups is 1. The van der Waals surface area contributed by atoms with E-state index >= 15 is 0 Å². The van der Waals surface area contributed by atoms with Crippen LogP contribution in [0, 0.1) is 17.6 Å². The van der Waals surface area contributed by atoms with Crippen molar-refractivity contribution in [3.05, 3.63) is 29.8 Å². The van der Waals surface area contributed by atoms with E-state index in [1.165, 1.54) is 0 Å². The zero-order chi connectivity index (χ0) is 11.7. The lowest BCUT2D eigenvalue weighted by Crippen LogP contribution is -2.31. The van der Waals surface area contributed by atoms with Crippen molar-refractivity contribution in [2.75, 3.05) is 5.32 Å². The predicted octanol–water partition coefficient (Wildman–Crippen LogP) is 2.24. The van der Waals surface area contributed by atoms with E-state index in [0.717, 1.165) is 31.0 Å². The number of hydrogen-bond donors (Lipinski definition) is 2. The molecule has 86 valence electrons. The van der Waals surface area contributed by atoms with Crippen molar-refractivity contribution in [2.24, 2.45) is 5.92 Å². The molecule has 1 aromatic rings. The Morgan fingerprint density at radius 3 is 2.69 bits per heavy atom. The number of benzene rings is 1. The second kappa shape index (κ2) is 4.08. The highest BCUT2D eigenvalue weighted by Gasteiger charge is 2.36. The van der Waals surface area contributed by atoms with Crippen molar-refractivity contribution in [1.29, 1.82) is 0 Å². The average Bonchev–Trinajstić information content (AvgIpc) is 3.02. The minimum atomic E-state index is -1.04. The van der Waals surface area contributed by atoms with Gasteiger partial charge in [0.05, 0.1) is 5.69 Å². The second-order valence-electron chi connectivity index (χ2n) is 3.92. The Bertz CT molecular complexity index is 418. The van der Waals surface area contributed by atoms with Crippen molar-refractivity contribution in [3.8, 4) is 0 Å². The summed E-state index contributed by atoms with van der Waals surface area (Å²) in [5, 5.41) is 11.5. The largest absolute Gasteiger partial charge is 0.480 e. The highest BCUT2D eigenvalue weighted by molar-refractivity contribution is 5.78. The third-order valence-electron chi connectivity index (χ3n) is 2.60. The van der Waals surface area contributed by atoms with E-state index in [1.54, 1.807) is 0 Å². The van der Waals surface area contributed by atoms with Crippen LogP contribution in [0.2, 0.25) is 0 Å². The molecule has 1 aliphatic carbocycles. The van der Waals surface area contributed by atoms with Crippen LogP contribution >= 0.6 is 0 Å². The Kier molecular flexibility index (Phi) is 2.77. The smallest absolute Gasteiger partial charge is 0.326 e. The summed E-state index contributed by atoms with van der Waals surface area (Å²) in [6.45, 7) is 0. The first-order valence-corrected chi connectivity index (χ1v) is 5.02. The molecule has 1 aromatic carbocycles. The van der Waals surface area contributed by atoms with Crippen LogP contribution in [0.25, 0.3) is 0 Å². The van der Waals surface area contributed by atoms with E-state index in [-0.39, 0.29) is 11.6 Å². The summed E-state index contributed by atoms with van der Waals surface area (Å²) in [4.78, 5) is 10.9. The number of carboxylic acids is 1. The van der Waals surface area contributed by atoms with Crippen molar-refractivity contribution >= 4 is 11.7 Å². The Morgan fingerprint density at radius 1 is 1.44 bits per heavy atom. The molecule has 5 heteroatoms. The van der Waals surface area contributed by atoms with Crippen LogP contribution in [0.4, 0.5) is 14.5 Å². The quantitative estimate of drug-likeness (QED) is 0.829. The van der Waals surface area contributed by atoms with Gasteiger partial charge in [0, 0.05) is 0 Å². The molecule has 0 aliphatic heterocycles. The van der Waals surface area contributed by atoms with E-state index in [1.807, 2.05) is 0 Å². The molecule has 0 spiro atoms. The SMILES string of the molecule is O=C(O)C(Nc1cc(F)ccc1F)C1CC1. The Balaban J connectivity index is 2.17. The summed E-state index contributed by atoms with van der Waals surface area (Å²) in [5.41, 5.74) is -0.0979. The lowest BCUT2D eigenvalue weighted by molar-refractivity contribution is -0.138. The summed E-state index contributed by atoms with van der Waals surface area (Å²) in [7, 11) is 0. The van der Waals surface area contributed by atoms with Gasteiger partial charge in [0.1, 0.15) is 17.7 Å². The second-order valence-corrected chi connectivity index (χ2v) is 3.92. The van der Waals surface area contributed by atoms with E-state index in [4.69, 9.17) is 5.11 Å². The van der Waals surface area contributed by atoms with Gasteiger partial charge < -0.3 is 10.4 Å². The van der Waals surface area contributed by atoms with Crippen LogP contribution in [0.1, 0.15) is 12.8 Å². The number of aliphatic carboxylic acids is 1. The first-order chi connectivity index (χ1) is 7.58. The zero-order valence-corrected chi connectivity index (χ0v) is 8.41. The number of nitrogens with one attached hydrogen (secondary N) is 1. The van der Waals surface area contributed by atoms with Crippen LogP contribution in [0.5, 0.6) is 0 Å². The van der Waals surface area contributed by atoms with E-state index < -0.39 is 23.6 Å². The van der Waals surface area contributed by atoms with Crippen molar-refractivity contribution < 1.29 is 18.7 Å². The van der Waals surface area contributed by atoms with Crippen LogP contribution in [0.3, 0.4) is 0 Å². The first-order valence-electron chi connectivity index (χ1n) is 5.02. The molecule has 0 bridgehead atoms. The first kappa shape index (κ1) is 10.9. The third kappa shape index (κ3) is 2.29. The maximum Gasteiger partial charge on any atom is 0.326 e. The zero-order valence-electron chi connectivity index (χ0n) is 8.41. The van der Waals surface area contributed by atoms with E-state index in [9.17, 15) is 13.6 Å². The lowest BCUT2D eigenvalue weighted by atomic mass is 10.1. The fourth-order valence-electron chi connectivity index (χ4n) is 1.59. The summed E-state index contributed by atoms with van der Waals surface area (Å²) < 4.78 is 26.1. The standard InChI is InChI=1S/C11H11F2NO2/c12-7-3-4-8(13)9(5-7)14-10(11(15)16)6-1-2-6/h3-6,10,14H,1-2H2,(H,15,16). The summed E-state index contributed by atoms with van der Waals surface area (Å²) in [6, 6.07) is 2.10. The maximum absolute atomic E-state index is 13.3. The number of anilines is 1. The number of rotatable bonds is 4. The Hall–Kier alpha value is -1.65. The average molecular weight is 227 g/mol. The minimum absolute atomic E-state index is 0.0140. The number of halogens is 2. The molecule has 1 fully saturated rings. The molecule has 1 saturated carbocycles. The summed E-state index contributed by atoms with van der Waals surface area (Å²) >= 11 is 0.